The van der Waals surface area contributed by atoms with Gasteiger partial charge in [-0.15, -0.1) is 0 Å². The number of halogens is 2. The molecule has 0 atom stereocenters. The van der Waals surface area contributed by atoms with Gasteiger partial charge in [-0.1, -0.05) is 12.1 Å². The van der Waals surface area contributed by atoms with Gasteiger partial charge in [0, 0.05) is 29.3 Å². The zero-order valence-corrected chi connectivity index (χ0v) is 10.7. The molecule has 0 amide bonds. The standard InChI is InChI=1S/C13H12BrFN2/c14-11-5-3-6-12(15)13(11)17-9-7-10-4-1-2-8-16-10/h1-6,8,17H,7,9H2. The summed E-state index contributed by atoms with van der Waals surface area (Å²) < 4.78 is 14.2. The van der Waals surface area contributed by atoms with Crippen molar-refractivity contribution in [3.63, 3.8) is 0 Å². The number of nitrogens with one attached hydrogen (secondary N) is 1. The van der Waals surface area contributed by atoms with Crippen molar-refractivity contribution in [2.24, 2.45) is 0 Å². The van der Waals surface area contributed by atoms with E-state index in [0.717, 1.165) is 16.6 Å². The third kappa shape index (κ3) is 3.27. The predicted molar refractivity (Wildman–Crippen MR) is 70.5 cm³/mol. The first-order chi connectivity index (χ1) is 8.27. The number of pyridine rings is 1. The molecular weight excluding hydrogens is 283 g/mol. The van der Waals surface area contributed by atoms with Gasteiger partial charge in [-0.2, -0.15) is 0 Å². The molecule has 0 fully saturated rings. The molecule has 1 N–H and O–H groups in total. The lowest BCUT2D eigenvalue weighted by molar-refractivity contribution is 0.629. The summed E-state index contributed by atoms with van der Waals surface area (Å²) in [7, 11) is 0. The fraction of sp³-hybridized carbons (Fsp3) is 0.154. The SMILES string of the molecule is Fc1cccc(Br)c1NCCc1ccccn1. The Morgan fingerprint density at radius 3 is 2.76 bits per heavy atom. The molecule has 0 spiro atoms. The van der Waals surface area contributed by atoms with Gasteiger partial charge in [-0.3, -0.25) is 4.98 Å². The maximum Gasteiger partial charge on any atom is 0.147 e. The van der Waals surface area contributed by atoms with Crippen LogP contribution >= 0.6 is 15.9 Å². The fourth-order valence-electron chi connectivity index (χ4n) is 1.53. The van der Waals surface area contributed by atoms with E-state index in [2.05, 4.69) is 26.2 Å². The molecule has 0 saturated carbocycles. The number of hydrogen-bond donors (Lipinski definition) is 1. The molecule has 0 aliphatic heterocycles. The molecule has 0 aliphatic carbocycles. The van der Waals surface area contributed by atoms with Gasteiger partial charge in [0.25, 0.3) is 0 Å². The number of benzene rings is 1. The summed E-state index contributed by atoms with van der Waals surface area (Å²) in [5.74, 6) is -0.250. The lowest BCUT2D eigenvalue weighted by Gasteiger charge is -2.09. The van der Waals surface area contributed by atoms with Crippen molar-refractivity contribution in [3.8, 4) is 0 Å². The second kappa shape index (κ2) is 5.77. The van der Waals surface area contributed by atoms with Gasteiger partial charge in [0.05, 0.1) is 5.69 Å². The van der Waals surface area contributed by atoms with E-state index >= 15 is 0 Å². The van der Waals surface area contributed by atoms with Crippen molar-refractivity contribution in [2.75, 3.05) is 11.9 Å². The van der Waals surface area contributed by atoms with Crippen LogP contribution in [0.4, 0.5) is 10.1 Å². The highest BCUT2D eigenvalue weighted by Crippen LogP contribution is 2.24. The molecule has 2 aromatic rings. The lowest BCUT2D eigenvalue weighted by atomic mass is 10.2. The van der Waals surface area contributed by atoms with Crippen molar-refractivity contribution in [3.05, 3.63) is 58.6 Å². The molecule has 0 aliphatic rings. The minimum atomic E-state index is -0.250. The lowest BCUT2D eigenvalue weighted by Crippen LogP contribution is -2.07. The summed E-state index contributed by atoms with van der Waals surface area (Å²) in [6, 6.07) is 10.7. The van der Waals surface area contributed by atoms with Gasteiger partial charge in [0.15, 0.2) is 0 Å². The molecule has 1 aromatic heterocycles. The van der Waals surface area contributed by atoms with E-state index in [1.165, 1.54) is 6.07 Å². The van der Waals surface area contributed by atoms with Crippen molar-refractivity contribution in [2.45, 2.75) is 6.42 Å². The summed E-state index contributed by atoms with van der Waals surface area (Å²) in [6.45, 7) is 0.649. The second-order valence-electron chi connectivity index (χ2n) is 3.59. The zero-order valence-electron chi connectivity index (χ0n) is 9.16. The third-order valence-electron chi connectivity index (χ3n) is 2.37. The van der Waals surface area contributed by atoms with E-state index in [9.17, 15) is 4.39 Å². The average Bonchev–Trinajstić information content (AvgIpc) is 2.34. The van der Waals surface area contributed by atoms with Crippen molar-refractivity contribution < 1.29 is 4.39 Å². The largest absolute Gasteiger partial charge is 0.381 e. The number of anilines is 1. The Morgan fingerprint density at radius 2 is 2.06 bits per heavy atom. The first-order valence-corrected chi connectivity index (χ1v) is 6.14. The van der Waals surface area contributed by atoms with E-state index in [1.807, 2.05) is 24.3 Å². The van der Waals surface area contributed by atoms with Crippen molar-refractivity contribution in [1.29, 1.82) is 0 Å². The van der Waals surface area contributed by atoms with Crippen LogP contribution in [0, 0.1) is 5.82 Å². The zero-order chi connectivity index (χ0) is 12.1. The van der Waals surface area contributed by atoms with Gasteiger partial charge in [-0.05, 0) is 40.2 Å². The Balaban J connectivity index is 1.95. The minimum Gasteiger partial charge on any atom is -0.381 e. The van der Waals surface area contributed by atoms with Crippen LogP contribution < -0.4 is 5.32 Å². The Morgan fingerprint density at radius 1 is 1.18 bits per heavy atom. The van der Waals surface area contributed by atoms with Gasteiger partial charge >= 0.3 is 0 Å². The Bertz CT molecular complexity index is 468. The second-order valence-corrected chi connectivity index (χ2v) is 4.45. The molecule has 0 unspecified atom stereocenters. The van der Waals surface area contributed by atoms with E-state index < -0.39 is 0 Å². The average molecular weight is 295 g/mol. The van der Waals surface area contributed by atoms with Crippen LogP contribution in [0.1, 0.15) is 5.69 Å². The Kier molecular flexibility index (Phi) is 4.09. The van der Waals surface area contributed by atoms with Crippen LogP contribution in [0.25, 0.3) is 0 Å². The summed E-state index contributed by atoms with van der Waals surface area (Å²) in [5.41, 5.74) is 1.50. The molecule has 0 bridgehead atoms. The predicted octanol–water partition coefficient (Wildman–Crippen LogP) is 3.64. The molecule has 2 rings (SSSR count). The maximum atomic E-state index is 13.5. The summed E-state index contributed by atoms with van der Waals surface area (Å²) in [6.07, 6.45) is 2.52. The van der Waals surface area contributed by atoms with Gasteiger partial charge in [-0.25, -0.2) is 4.39 Å². The molecule has 1 heterocycles. The Labute approximate surface area is 108 Å². The summed E-state index contributed by atoms with van der Waals surface area (Å²) in [4.78, 5) is 4.21. The fourth-order valence-corrected chi connectivity index (χ4v) is 2.01. The molecular formula is C13H12BrFN2. The smallest absolute Gasteiger partial charge is 0.147 e. The summed E-state index contributed by atoms with van der Waals surface area (Å²) >= 11 is 3.32. The minimum absolute atomic E-state index is 0.250. The number of hydrogen-bond acceptors (Lipinski definition) is 2. The van der Waals surface area contributed by atoms with Crippen LogP contribution in [0.2, 0.25) is 0 Å². The quantitative estimate of drug-likeness (QED) is 0.931. The first-order valence-electron chi connectivity index (χ1n) is 5.35. The number of rotatable bonds is 4. The highest BCUT2D eigenvalue weighted by molar-refractivity contribution is 9.10. The first kappa shape index (κ1) is 12.0. The van der Waals surface area contributed by atoms with Crippen LogP contribution in [0.3, 0.4) is 0 Å². The Hall–Kier alpha value is -1.42. The molecule has 0 saturated heterocycles. The molecule has 88 valence electrons. The molecule has 17 heavy (non-hydrogen) atoms. The van der Waals surface area contributed by atoms with Gasteiger partial charge < -0.3 is 5.32 Å². The third-order valence-corrected chi connectivity index (χ3v) is 3.03. The van der Waals surface area contributed by atoms with Gasteiger partial charge in [0.1, 0.15) is 5.82 Å². The van der Waals surface area contributed by atoms with E-state index in [1.54, 1.807) is 12.3 Å². The maximum absolute atomic E-state index is 13.5. The molecule has 2 nitrogen and oxygen atoms in total. The monoisotopic (exact) mass is 294 g/mol. The number of aromatic nitrogens is 1. The van der Waals surface area contributed by atoms with E-state index in [-0.39, 0.29) is 5.82 Å². The topological polar surface area (TPSA) is 24.9 Å². The van der Waals surface area contributed by atoms with Crippen molar-refractivity contribution >= 4 is 21.6 Å². The normalized spacial score (nSPS) is 10.2. The van der Waals surface area contributed by atoms with Crippen LogP contribution in [0.5, 0.6) is 0 Å². The molecule has 0 radical (unpaired) electrons. The van der Waals surface area contributed by atoms with Crippen LogP contribution in [0.15, 0.2) is 47.1 Å². The van der Waals surface area contributed by atoms with E-state index in [0.29, 0.717) is 12.2 Å². The van der Waals surface area contributed by atoms with E-state index in [4.69, 9.17) is 0 Å². The molecule has 1 aromatic carbocycles. The van der Waals surface area contributed by atoms with Gasteiger partial charge in [0.2, 0.25) is 0 Å². The summed E-state index contributed by atoms with van der Waals surface area (Å²) in [5, 5.41) is 3.07. The number of nitrogens with zero attached hydrogens (tertiary/aromatic N) is 1. The van der Waals surface area contributed by atoms with Crippen LogP contribution in [-0.2, 0) is 6.42 Å². The highest BCUT2D eigenvalue weighted by Gasteiger charge is 2.05. The highest BCUT2D eigenvalue weighted by atomic mass is 79.9. The number of para-hydroxylation sites is 1. The van der Waals surface area contributed by atoms with Crippen LogP contribution in [-0.4, -0.2) is 11.5 Å². The van der Waals surface area contributed by atoms with Crippen molar-refractivity contribution in [1.82, 2.24) is 4.98 Å². The molecule has 4 heteroatoms.